The molecule has 2 N–H and O–H groups in total. The maximum atomic E-state index is 12.3. The van der Waals surface area contributed by atoms with E-state index in [1.54, 1.807) is 12.1 Å². The summed E-state index contributed by atoms with van der Waals surface area (Å²) in [6.45, 7) is 1.67. The molecule has 1 aromatic rings. The minimum Gasteiger partial charge on any atom is -0.507 e. The first kappa shape index (κ1) is 13.1. The highest BCUT2D eigenvalue weighted by molar-refractivity contribution is 14.1. The molecule has 0 aromatic heterocycles. The summed E-state index contributed by atoms with van der Waals surface area (Å²) in [4.78, 5) is 13.8. The molecule has 2 rings (SSSR count). The monoisotopic (exact) mass is 357 g/mol. The summed E-state index contributed by atoms with van der Waals surface area (Å²) in [7, 11) is 0. The van der Waals surface area contributed by atoms with E-state index in [4.69, 9.17) is 5.26 Å². The Labute approximate surface area is 119 Å². The van der Waals surface area contributed by atoms with Crippen LogP contribution in [0.2, 0.25) is 0 Å². The van der Waals surface area contributed by atoms with E-state index in [-0.39, 0.29) is 11.7 Å². The zero-order chi connectivity index (χ0) is 13.1. The fourth-order valence-corrected chi connectivity index (χ4v) is 2.21. The number of amides is 1. The van der Waals surface area contributed by atoms with Gasteiger partial charge in [0.1, 0.15) is 11.8 Å². The minimum atomic E-state index is -0.451. The maximum Gasteiger partial charge on any atom is 0.255 e. The second-order valence-corrected chi connectivity index (χ2v) is 5.18. The summed E-state index contributed by atoms with van der Waals surface area (Å²) >= 11 is 1.99. The highest BCUT2D eigenvalue weighted by atomic mass is 127. The molecule has 1 amide bonds. The summed E-state index contributed by atoms with van der Waals surface area (Å²) in [5, 5.41) is 21.7. The Bertz CT molecular complexity index is 513. The summed E-state index contributed by atoms with van der Waals surface area (Å²) in [6.07, 6.45) is 0. The van der Waals surface area contributed by atoms with Gasteiger partial charge in [-0.3, -0.25) is 4.79 Å². The van der Waals surface area contributed by atoms with E-state index in [0.29, 0.717) is 28.8 Å². The Balaban J connectivity index is 2.24. The van der Waals surface area contributed by atoms with E-state index in [1.807, 2.05) is 22.6 Å². The number of hydrogen-bond donors (Lipinski definition) is 2. The summed E-state index contributed by atoms with van der Waals surface area (Å²) in [6, 6.07) is 6.46. The fourth-order valence-electron chi connectivity index (χ4n) is 1.87. The smallest absolute Gasteiger partial charge is 0.255 e. The average molecular weight is 357 g/mol. The van der Waals surface area contributed by atoms with Crippen molar-refractivity contribution in [3.8, 4) is 11.8 Å². The Kier molecular flexibility index (Phi) is 4.04. The number of nitrogens with zero attached hydrogens (tertiary/aromatic N) is 2. The first-order chi connectivity index (χ1) is 8.63. The number of carbonyl (C=O) groups is 1. The van der Waals surface area contributed by atoms with Crippen LogP contribution in [0.25, 0.3) is 0 Å². The van der Waals surface area contributed by atoms with Gasteiger partial charge in [0.15, 0.2) is 0 Å². The van der Waals surface area contributed by atoms with Crippen molar-refractivity contribution in [2.45, 2.75) is 6.04 Å². The lowest BCUT2D eigenvalue weighted by Crippen LogP contribution is -2.53. The Morgan fingerprint density at radius 1 is 1.61 bits per heavy atom. The third-order valence-electron chi connectivity index (χ3n) is 2.85. The number of halogens is 1. The van der Waals surface area contributed by atoms with Crippen LogP contribution >= 0.6 is 22.6 Å². The van der Waals surface area contributed by atoms with Gasteiger partial charge in [0, 0.05) is 25.2 Å². The number of phenols is 1. The van der Waals surface area contributed by atoms with Crippen LogP contribution in [0.4, 0.5) is 0 Å². The third-order valence-corrected chi connectivity index (χ3v) is 3.76. The van der Waals surface area contributed by atoms with E-state index in [9.17, 15) is 9.90 Å². The number of carbonyl (C=O) groups excluding carboxylic acids is 1. The number of nitrogens with one attached hydrogen (secondary N) is 1. The fraction of sp³-hybridized carbons (Fsp3) is 0.333. The molecular weight excluding hydrogens is 345 g/mol. The van der Waals surface area contributed by atoms with Crippen LogP contribution in [0.15, 0.2) is 18.2 Å². The van der Waals surface area contributed by atoms with Gasteiger partial charge in [-0.05, 0) is 40.8 Å². The quantitative estimate of drug-likeness (QED) is 0.734. The molecule has 1 fully saturated rings. The van der Waals surface area contributed by atoms with E-state index < -0.39 is 6.04 Å². The molecular formula is C12H12IN3O2. The van der Waals surface area contributed by atoms with Gasteiger partial charge in [0.25, 0.3) is 5.91 Å². The van der Waals surface area contributed by atoms with Gasteiger partial charge in [-0.25, -0.2) is 0 Å². The van der Waals surface area contributed by atoms with Crippen molar-refractivity contribution < 1.29 is 9.90 Å². The van der Waals surface area contributed by atoms with Crippen LogP contribution in [-0.2, 0) is 0 Å². The molecule has 0 aliphatic carbocycles. The molecule has 1 heterocycles. The first-order valence-corrected chi connectivity index (χ1v) is 6.61. The molecule has 1 aliphatic rings. The van der Waals surface area contributed by atoms with Crippen LogP contribution < -0.4 is 5.32 Å². The van der Waals surface area contributed by atoms with Crippen molar-refractivity contribution in [3.63, 3.8) is 0 Å². The SMILES string of the molecule is N#CC1CNCCN1C(=O)c1ccc(I)c(O)c1. The third kappa shape index (κ3) is 2.57. The van der Waals surface area contributed by atoms with E-state index in [2.05, 4.69) is 11.4 Å². The van der Waals surface area contributed by atoms with Gasteiger partial charge in [0.05, 0.1) is 9.64 Å². The number of nitriles is 1. The molecule has 1 aromatic carbocycles. The Hall–Kier alpha value is -1.33. The molecule has 94 valence electrons. The molecule has 1 aliphatic heterocycles. The number of hydrogen-bond acceptors (Lipinski definition) is 4. The van der Waals surface area contributed by atoms with Gasteiger partial charge < -0.3 is 15.3 Å². The van der Waals surface area contributed by atoms with Gasteiger partial charge >= 0.3 is 0 Å². The summed E-state index contributed by atoms with van der Waals surface area (Å²) in [5.74, 6) is -0.125. The van der Waals surface area contributed by atoms with E-state index >= 15 is 0 Å². The maximum absolute atomic E-state index is 12.3. The van der Waals surface area contributed by atoms with Crippen LogP contribution in [0, 0.1) is 14.9 Å². The first-order valence-electron chi connectivity index (χ1n) is 5.53. The molecule has 0 radical (unpaired) electrons. The number of aromatic hydroxyl groups is 1. The molecule has 0 saturated carbocycles. The van der Waals surface area contributed by atoms with Gasteiger partial charge in [-0.15, -0.1) is 0 Å². The molecule has 1 unspecified atom stereocenters. The van der Waals surface area contributed by atoms with Crippen molar-refractivity contribution >= 4 is 28.5 Å². The predicted molar refractivity (Wildman–Crippen MR) is 74.1 cm³/mol. The summed E-state index contributed by atoms with van der Waals surface area (Å²) in [5.41, 5.74) is 0.412. The lowest BCUT2D eigenvalue weighted by atomic mass is 10.1. The minimum absolute atomic E-state index is 0.0880. The Morgan fingerprint density at radius 3 is 3.06 bits per heavy atom. The van der Waals surface area contributed by atoms with Crippen molar-refractivity contribution in [3.05, 3.63) is 27.3 Å². The van der Waals surface area contributed by atoms with Gasteiger partial charge in [-0.1, -0.05) is 0 Å². The lowest BCUT2D eigenvalue weighted by molar-refractivity contribution is 0.0686. The van der Waals surface area contributed by atoms with Gasteiger partial charge in [0.2, 0.25) is 0 Å². The van der Waals surface area contributed by atoms with Crippen molar-refractivity contribution in [2.75, 3.05) is 19.6 Å². The zero-order valence-corrected chi connectivity index (χ0v) is 11.7. The van der Waals surface area contributed by atoms with Crippen molar-refractivity contribution in [1.29, 1.82) is 5.26 Å². The summed E-state index contributed by atoms with van der Waals surface area (Å²) < 4.78 is 0.696. The van der Waals surface area contributed by atoms with Crippen LogP contribution in [0.5, 0.6) is 5.75 Å². The predicted octanol–water partition coefficient (Wildman–Crippen LogP) is 0.934. The van der Waals surface area contributed by atoms with E-state index in [1.165, 1.54) is 11.0 Å². The number of rotatable bonds is 1. The Morgan fingerprint density at radius 2 is 2.39 bits per heavy atom. The molecule has 6 heteroatoms. The number of benzene rings is 1. The second-order valence-electron chi connectivity index (χ2n) is 4.01. The topological polar surface area (TPSA) is 76.4 Å². The van der Waals surface area contributed by atoms with E-state index in [0.717, 1.165) is 0 Å². The highest BCUT2D eigenvalue weighted by Gasteiger charge is 2.27. The highest BCUT2D eigenvalue weighted by Crippen LogP contribution is 2.22. The largest absolute Gasteiger partial charge is 0.507 e. The standard InChI is InChI=1S/C12H12IN3O2/c13-10-2-1-8(5-11(10)17)12(18)16-4-3-15-7-9(16)6-14/h1-2,5,9,15,17H,3-4,7H2. The molecule has 5 nitrogen and oxygen atoms in total. The normalized spacial score (nSPS) is 19.3. The molecule has 1 atom stereocenters. The van der Waals surface area contributed by atoms with Crippen molar-refractivity contribution in [2.24, 2.45) is 0 Å². The van der Waals surface area contributed by atoms with Crippen molar-refractivity contribution in [1.82, 2.24) is 10.2 Å². The zero-order valence-electron chi connectivity index (χ0n) is 9.56. The molecule has 18 heavy (non-hydrogen) atoms. The van der Waals surface area contributed by atoms with Gasteiger partial charge in [-0.2, -0.15) is 5.26 Å². The van der Waals surface area contributed by atoms with Crippen LogP contribution in [0.3, 0.4) is 0 Å². The van der Waals surface area contributed by atoms with Crippen LogP contribution in [-0.4, -0.2) is 41.6 Å². The van der Waals surface area contributed by atoms with Crippen LogP contribution in [0.1, 0.15) is 10.4 Å². The molecule has 0 bridgehead atoms. The second kappa shape index (κ2) is 5.54. The molecule has 1 saturated heterocycles. The average Bonchev–Trinajstić information content (AvgIpc) is 2.41. The lowest BCUT2D eigenvalue weighted by Gasteiger charge is -2.32. The molecule has 0 spiro atoms. The number of phenolic OH excluding ortho intramolecular Hbond substituents is 1. The number of piperazine rings is 1.